The van der Waals surface area contributed by atoms with Crippen molar-refractivity contribution < 1.29 is 9.84 Å². The highest BCUT2D eigenvalue weighted by atomic mass is 16.5. The summed E-state index contributed by atoms with van der Waals surface area (Å²) in [5.41, 5.74) is 0. The van der Waals surface area contributed by atoms with Crippen molar-refractivity contribution in [3.8, 4) is 0 Å². The van der Waals surface area contributed by atoms with Crippen LogP contribution in [0, 0.1) is 5.92 Å². The van der Waals surface area contributed by atoms with Gasteiger partial charge in [-0.2, -0.15) is 0 Å². The predicted molar refractivity (Wildman–Crippen MR) is 48.7 cm³/mol. The van der Waals surface area contributed by atoms with E-state index in [-0.39, 0.29) is 0 Å². The first-order chi connectivity index (χ1) is 5.72. The highest BCUT2D eigenvalue weighted by molar-refractivity contribution is 4.80. The van der Waals surface area contributed by atoms with Crippen LogP contribution in [0.2, 0.25) is 0 Å². The number of ether oxygens (including phenoxy) is 1. The molecule has 2 heteroatoms. The summed E-state index contributed by atoms with van der Waals surface area (Å²) < 4.78 is 5.51. The molecule has 1 aliphatic carbocycles. The smallest absolute Gasteiger partial charge is 0.0982 e. The van der Waals surface area contributed by atoms with Crippen LogP contribution in [0.5, 0.6) is 0 Å². The molecule has 0 aliphatic heterocycles. The maximum atomic E-state index is 8.90. The third-order valence-electron chi connectivity index (χ3n) is 2.42. The zero-order valence-corrected chi connectivity index (χ0v) is 7.75. The minimum Gasteiger partial charge on any atom is -0.496 e. The second-order valence-electron chi connectivity index (χ2n) is 3.65. The minimum atomic E-state index is 0.333. The molecule has 1 fully saturated rings. The average Bonchev–Trinajstić information content (AvgIpc) is 2.05. The van der Waals surface area contributed by atoms with Crippen LogP contribution in [0.1, 0.15) is 32.6 Å². The van der Waals surface area contributed by atoms with Crippen LogP contribution < -0.4 is 0 Å². The van der Waals surface area contributed by atoms with Crippen LogP contribution in [0.4, 0.5) is 0 Å². The number of allylic oxidation sites excluding steroid dienone is 1. The summed E-state index contributed by atoms with van der Waals surface area (Å²) in [7, 11) is 0. The van der Waals surface area contributed by atoms with Gasteiger partial charge in [-0.25, -0.2) is 0 Å². The Morgan fingerprint density at radius 1 is 1.42 bits per heavy atom. The molecule has 0 amide bonds. The van der Waals surface area contributed by atoms with E-state index in [1.165, 1.54) is 0 Å². The summed E-state index contributed by atoms with van der Waals surface area (Å²) in [6.45, 7) is 5.94. The van der Waals surface area contributed by atoms with Gasteiger partial charge in [-0.3, -0.25) is 0 Å². The van der Waals surface area contributed by atoms with Crippen LogP contribution in [-0.2, 0) is 4.74 Å². The van der Waals surface area contributed by atoms with E-state index in [0.29, 0.717) is 18.6 Å². The maximum Gasteiger partial charge on any atom is 0.0982 e. The Kier molecular flexibility index (Phi) is 3.60. The molecule has 0 saturated heterocycles. The fourth-order valence-corrected chi connectivity index (χ4v) is 1.72. The monoisotopic (exact) mass is 170 g/mol. The van der Waals surface area contributed by atoms with E-state index in [2.05, 4.69) is 6.58 Å². The van der Waals surface area contributed by atoms with Gasteiger partial charge in [0.15, 0.2) is 0 Å². The molecule has 70 valence electrons. The van der Waals surface area contributed by atoms with Gasteiger partial charge in [0.05, 0.1) is 11.9 Å². The Morgan fingerprint density at radius 2 is 2.00 bits per heavy atom. The predicted octanol–water partition coefficient (Wildman–Crippen LogP) is 2.09. The highest BCUT2D eigenvalue weighted by Gasteiger charge is 2.21. The number of aliphatic hydroxyl groups is 1. The molecule has 0 bridgehead atoms. The molecule has 12 heavy (non-hydrogen) atoms. The zero-order valence-electron chi connectivity index (χ0n) is 7.75. The topological polar surface area (TPSA) is 29.5 Å². The molecule has 1 saturated carbocycles. The van der Waals surface area contributed by atoms with Gasteiger partial charge in [-0.05, 0) is 38.5 Å². The van der Waals surface area contributed by atoms with Crippen molar-refractivity contribution in [2.24, 2.45) is 5.92 Å². The van der Waals surface area contributed by atoms with Gasteiger partial charge >= 0.3 is 0 Å². The molecule has 0 aromatic rings. The van der Waals surface area contributed by atoms with E-state index in [4.69, 9.17) is 9.84 Å². The second-order valence-corrected chi connectivity index (χ2v) is 3.65. The van der Waals surface area contributed by atoms with Gasteiger partial charge in [-0.15, -0.1) is 0 Å². The molecule has 0 aromatic heterocycles. The van der Waals surface area contributed by atoms with Crippen molar-refractivity contribution >= 4 is 0 Å². The summed E-state index contributed by atoms with van der Waals surface area (Å²) in [4.78, 5) is 0. The lowest BCUT2D eigenvalue weighted by atomic mass is 9.88. The fraction of sp³-hybridized carbons (Fsp3) is 0.800. The van der Waals surface area contributed by atoms with Crippen LogP contribution in [0.25, 0.3) is 0 Å². The lowest BCUT2D eigenvalue weighted by Crippen LogP contribution is -2.22. The lowest BCUT2D eigenvalue weighted by Gasteiger charge is -2.27. The largest absolute Gasteiger partial charge is 0.496 e. The van der Waals surface area contributed by atoms with Crippen molar-refractivity contribution in [2.75, 3.05) is 6.61 Å². The summed E-state index contributed by atoms with van der Waals surface area (Å²) >= 11 is 0. The number of hydrogen-bond donors (Lipinski definition) is 1. The molecule has 1 aliphatic rings. The molecule has 1 rings (SSSR count). The van der Waals surface area contributed by atoms with E-state index >= 15 is 0 Å². The first-order valence-corrected chi connectivity index (χ1v) is 4.65. The summed E-state index contributed by atoms with van der Waals surface area (Å²) in [5.74, 6) is 1.32. The molecule has 0 atom stereocenters. The Balaban J connectivity index is 2.21. The van der Waals surface area contributed by atoms with Crippen LogP contribution >= 0.6 is 0 Å². The lowest BCUT2D eigenvalue weighted by molar-refractivity contribution is 0.0565. The normalized spacial score (nSPS) is 29.8. The maximum absolute atomic E-state index is 8.90. The van der Waals surface area contributed by atoms with Crippen LogP contribution in [-0.4, -0.2) is 17.8 Å². The zero-order chi connectivity index (χ0) is 8.97. The van der Waals surface area contributed by atoms with Crippen molar-refractivity contribution in [1.82, 2.24) is 0 Å². The van der Waals surface area contributed by atoms with E-state index in [0.717, 1.165) is 31.4 Å². The van der Waals surface area contributed by atoms with Gasteiger partial charge in [0, 0.05) is 6.61 Å². The van der Waals surface area contributed by atoms with Gasteiger partial charge in [-0.1, -0.05) is 6.58 Å². The first kappa shape index (κ1) is 9.59. The Bertz CT molecular complexity index is 146. The van der Waals surface area contributed by atoms with E-state index in [1.807, 2.05) is 6.92 Å². The van der Waals surface area contributed by atoms with Crippen LogP contribution in [0.15, 0.2) is 12.3 Å². The van der Waals surface area contributed by atoms with Crippen molar-refractivity contribution in [2.45, 2.75) is 38.7 Å². The fourth-order valence-electron chi connectivity index (χ4n) is 1.72. The standard InChI is InChI=1S/C10H18O2/c1-8(2)12-10-5-3-9(7-11)4-6-10/h9-11H,1,3-7H2,2H3. The number of hydrogen-bond acceptors (Lipinski definition) is 2. The number of rotatable bonds is 3. The second kappa shape index (κ2) is 4.51. The minimum absolute atomic E-state index is 0.333. The van der Waals surface area contributed by atoms with Gasteiger partial charge < -0.3 is 9.84 Å². The number of aliphatic hydroxyl groups excluding tert-OH is 1. The summed E-state index contributed by atoms with van der Waals surface area (Å²) in [6.07, 6.45) is 4.67. The van der Waals surface area contributed by atoms with E-state index < -0.39 is 0 Å². The van der Waals surface area contributed by atoms with E-state index in [9.17, 15) is 0 Å². The molecule has 0 radical (unpaired) electrons. The van der Waals surface area contributed by atoms with E-state index in [1.54, 1.807) is 0 Å². The molecule has 2 nitrogen and oxygen atoms in total. The molecule has 0 unspecified atom stereocenters. The van der Waals surface area contributed by atoms with Gasteiger partial charge in [0.2, 0.25) is 0 Å². The Labute approximate surface area is 74.2 Å². The molecule has 0 heterocycles. The Morgan fingerprint density at radius 3 is 2.42 bits per heavy atom. The SMILES string of the molecule is C=C(C)OC1CCC(CO)CC1. The molecule has 0 spiro atoms. The molecular formula is C10H18O2. The third kappa shape index (κ3) is 2.86. The van der Waals surface area contributed by atoms with Crippen LogP contribution in [0.3, 0.4) is 0 Å². The van der Waals surface area contributed by atoms with Crippen molar-refractivity contribution in [3.05, 3.63) is 12.3 Å². The highest BCUT2D eigenvalue weighted by Crippen LogP contribution is 2.26. The van der Waals surface area contributed by atoms with Crippen molar-refractivity contribution in [1.29, 1.82) is 0 Å². The first-order valence-electron chi connectivity index (χ1n) is 4.65. The molecular weight excluding hydrogens is 152 g/mol. The molecule has 1 N–H and O–H groups in total. The van der Waals surface area contributed by atoms with Gasteiger partial charge in [0.25, 0.3) is 0 Å². The quantitative estimate of drug-likeness (QED) is 0.657. The summed E-state index contributed by atoms with van der Waals surface area (Å²) in [6, 6.07) is 0. The molecule has 0 aromatic carbocycles. The van der Waals surface area contributed by atoms with Gasteiger partial charge in [0.1, 0.15) is 0 Å². The van der Waals surface area contributed by atoms with Crippen molar-refractivity contribution in [3.63, 3.8) is 0 Å². The third-order valence-corrected chi connectivity index (χ3v) is 2.42. The average molecular weight is 170 g/mol. The Hall–Kier alpha value is -0.500. The summed E-state index contributed by atoms with van der Waals surface area (Å²) in [5, 5.41) is 8.90.